The first-order valence-corrected chi connectivity index (χ1v) is 10.6. The van der Waals surface area contributed by atoms with E-state index in [4.69, 9.17) is 4.74 Å². The van der Waals surface area contributed by atoms with Crippen LogP contribution in [-0.2, 0) is 14.8 Å². The van der Waals surface area contributed by atoms with Crippen molar-refractivity contribution >= 4 is 26.7 Å². The lowest BCUT2D eigenvalue weighted by atomic mass is 9.97. The van der Waals surface area contributed by atoms with E-state index >= 15 is 0 Å². The van der Waals surface area contributed by atoms with E-state index in [9.17, 15) is 13.2 Å². The number of amides is 1. The summed E-state index contributed by atoms with van der Waals surface area (Å²) in [5.41, 5.74) is 0. The fraction of sp³-hybridized carbons (Fsp3) is 0.421. The topological polar surface area (TPSA) is 75.7 Å². The summed E-state index contributed by atoms with van der Waals surface area (Å²) in [6, 6.07) is 14.0. The Morgan fingerprint density at radius 3 is 2.54 bits per heavy atom. The number of rotatable bonds is 6. The molecule has 3 rings (SSSR count). The molecule has 1 aliphatic rings. The van der Waals surface area contributed by atoms with Crippen LogP contribution in [0, 0.1) is 5.92 Å². The third kappa shape index (κ3) is 4.74. The third-order valence-corrected chi connectivity index (χ3v) is 5.99. The number of sulfonamides is 1. The van der Waals surface area contributed by atoms with Crippen LogP contribution in [-0.4, -0.2) is 51.1 Å². The van der Waals surface area contributed by atoms with E-state index in [1.54, 1.807) is 0 Å². The minimum atomic E-state index is -3.16. The van der Waals surface area contributed by atoms with Crippen LogP contribution in [0.4, 0.5) is 0 Å². The highest BCUT2D eigenvalue weighted by Gasteiger charge is 2.28. The Morgan fingerprint density at radius 1 is 1.15 bits per heavy atom. The van der Waals surface area contributed by atoms with Gasteiger partial charge in [0.25, 0.3) is 0 Å². The summed E-state index contributed by atoms with van der Waals surface area (Å²) >= 11 is 0. The molecular formula is C19H24N2O4S. The van der Waals surface area contributed by atoms with Gasteiger partial charge in [0.2, 0.25) is 15.9 Å². The van der Waals surface area contributed by atoms with E-state index in [2.05, 4.69) is 11.4 Å². The number of piperidine rings is 1. The second-order valence-corrected chi connectivity index (χ2v) is 8.57. The van der Waals surface area contributed by atoms with Gasteiger partial charge in [-0.2, -0.15) is 0 Å². The summed E-state index contributed by atoms with van der Waals surface area (Å²) in [5, 5.41) is 5.16. The normalized spacial score (nSPS) is 16.5. The van der Waals surface area contributed by atoms with Crippen molar-refractivity contribution in [1.82, 2.24) is 9.62 Å². The molecule has 0 atom stereocenters. The van der Waals surface area contributed by atoms with Crippen molar-refractivity contribution in [3.05, 3.63) is 42.5 Å². The van der Waals surface area contributed by atoms with Crippen LogP contribution in [0.1, 0.15) is 12.8 Å². The summed E-state index contributed by atoms with van der Waals surface area (Å²) < 4.78 is 30.1. The maximum Gasteiger partial charge on any atom is 0.223 e. The monoisotopic (exact) mass is 376 g/mol. The Labute approximate surface area is 154 Å². The number of nitrogens with zero attached hydrogens (tertiary/aromatic N) is 1. The van der Waals surface area contributed by atoms with E-state index < -0.39 is 10.0 Å². The number of ether oxygens (including phenoxy) is 1. The second kappa shape index (κ2) is 8.05. The molecule has 1 amide bonds. The van der Waals surface area contributed by atoms with Crippen molar-refractivity contribution < 1.29 is 17.9 Å². The van der Waals surface area contributed by atoms with Crippen molar-refractivity contribution in [3.8, 4) is 5.75 Å². The number of carbonyl (C=O) groups is 1. The van der Waals surface area contributed by atoms with Gasteiger partial charge in [-0.3, -0.25) is 4.79 Å². The van der Waals surface area contributed by atoms with Crippen LogP contribution in [0.3, 0.4) is 0 Å². The molecule has 0 saturated carbocycles. The molecule has 7 heteroatoms. The van der Waals surface area contributed by atoms with Crippen LogP contribution in [0.15, 0.2) is 42.5 Å². The van der Waals surface area contributed by atoms with Crippen LogP contribution < -0.4 is 10.1 Å². The number of hydrogen-bond acceptors (Lipinski definition) is 4. The Kier molecular flexibility index (Phi) is 5.78. The van der Waals surface area contributed by atoms with Crippen molar-refractivity contribution in [3.63, 3.8) is 0 Å². The van der Waals surface area contributed by atoms with Crippen LogP contribution in [0.5, 0.6) is 5.75 Å². The van der Waals surface area contributed by atoms with Crippen LogP contribution in [0.2, 0.25) is 0 Å². The molecule has 140 valence electrons. The number of benzene rings is 2. The third-order valence-electron chi connectivity index (χ3n) is 4.68. The average molecular weight is 376 g/mol. The second-order valence-electron chi connectivity index (χ2n) is 6.58. The first kappa shape index (κ1) is 18.7. The molecule has 1 saturated heterocycles. The number of nitrogens with one attached hydrogen (secondary N) is 1. The SMILES string of the molecule is CS(=O)(=O)N1CCC(C(=O)NCCOc2ccc3ccccc3c2)CC1. The maximum atomic E-state index is 12.2. The summed E-state index contributed by atoms with van der Waals surface area (Å²) in [4.78, 5) is 12.2. The standard InChI is InChI=1S/C19H24N2O4S/c1-26(23,24)21-11-8-16(9-12-21)19(22)20-10-13-25-18-7-6-15-4-2-3-5-17(15)14-18/h2-7,14,16H,8-13H2,1H3,(H,20,22). The fourth-order valence-corrected chi connectivity index (χ4v) is 4.07. The highest BCUT2D eigenvalue weighted by molar-refractivity contribution is 7.88. The van der Waals surface area contributed by atoms with Gasteiger partial charge in [-0.05, 0) is 35.7 Å². The first-order chi connectivity index (χ1) is 12.4. The van der Waals surface area contributed by atoms with Gasteiger partial charge in [-0.25, -0.2) is 12.7 Å². The molecule has 2 aromatic rings. The van der Waals surface area contributed by atoms with Gasteiger partial charge in [-0.15, -0.1) is 0 Å². The molecule has 0 spiro atoms. The Balaban J connectivity index is 1.41. The Bertz CT molecular complexity index is 874. The molecule has 0 bridgehead atoms. The zero-order valence-electron chi connectivity index (χ0n) is 14.8. The molecule has 2 aromatic carbocycles. The van der Waals surface area contributed by atoms with E-state index in [-0.39, 0.29) is 11.8 Å². The quantitative estimate of drug-likeness (QED) is 0.783. The number of fused-ring (bicyclic) bond motifs is 1. The molecule has 6 nitrogen and oxygen atoms in total. The maximum absolute atomic E-state index is 12.2. The van der Waals surface area contributed by atoms with Gasteiger partial charge in [0.05, 0.1) is 12.8 Å². The van der Waals surface area contributed by atoms with Crippen molar-refractivity contribution in [2.45, 2.75) is 12.8 Å². The number of hydrogen-bond donors (Lipinski definition) is 1. The molecule has 1 N–H and O–H groups in total. The van der Waals surface area contributed by atoms with E-state index in [0.717, 1.165) is 16.5 Å². The lowest BCUT2D eigenvalue weighted by Gasteiger charge is -2.29. The van der Waals surface area contributed by atoms with Gasteiger partial charge < -0.3 is 10.1 Å². The molecule has 0 aromatic heterocycles. The van der Waals surface area contributed by atoms with Gasteiger partial charge in [0.15, 0.2) is 0 Å². The van der Waals surface area contributed by atoms with Crippen molar-refractivity contribution in [2.24, 2.45) is 5.92 Å². The molecule has 0 aliphatic carbocycles. The molecule has 26 heavy (non-hydrogen) atoms. The summed E-state index contributed by atoms with van der Waals surface area (Å²) in [6.07, 6.45) is 2.33. The smallest absolute Gasteiger partial charge is 0.223 e. The molecule has 1 aliphatic heterocycles. The molecule has 1 fully saturated rings. The molecule has 0 radical (unpaired) electrons. The van der Waals surface area contributed by atoms with Gasteiger partial charge in [-0.1, -0.05) is 30.3 Å². The molecule has 1 heterocycles. The van der Waals surface area contributed by atoms with E-state index in [1.165, 1.54) is 10.6 Å². The van der Waals surface area contributed by atoms with Gasteiger partial charge in [0.1, 0.15) is 12.4 Å². The molecule has 0 unspecified atom stereocenters. The average Bonchev–Trinajstić information content (AvgIpc) is 2.64. The zero-order chi connectivity index (χ0) is 18.6. The highest BCUT2D eigenvalue weighted by atomic mass is 32.2. The summed E-state index contributed by atoms with van der Waals surface area (Å²) in [5.74, 6) is 0.619. The van der Waals surface area contributed by atoms with Crippen LogP contribution >= 0.6 is 0 Å². The van der Waals surface area contributed by atoms with E-state index in [1.807, 2.05) is 36.4 Å². The van der Waals surface area contributed by atoms with Crippen LogP contribution in [0.25, 0.3) is 10.8 Å². The number of carbonyl (C=O) groups excluding carboxylic acids is 1. The lowest BCUT2D eigenvalue weighted by Crippen LogP contribution is -2.43. The lowest BCUT2D eigenvalue weighted by molar-refractivity contribution is -0.126. The van der Waals surface area contributed by atoms with Gasteiger partial charge >= 0.3 is 0 Å². The predicted molar refractivity (Wildman–Crippen MR) is 102 cm³/mol. The van der Waals surface area contributed by atoms with Crippen molar-refractivity contribution in [1.29, 1.82) is 0 Å². The predicted octanol–water partition coefficient (Wildman–Crippen LogP) is 2.01. The zero-order valence-corrected chi connectivity index (χ0v) is 15.7. The molecular weight excluding hydrogens is 352 g/mol. The van der Waals surface area contributed by atoms with Gasteiger partial charge in [0, 0.05) is 19.0 Å². The van der Waals surface area contributed by atoms with E-state index in [0.29, 0.717) is 39.1 Å². The minimum absolute atomic E-state index is 0.0275. The fourth-order valence-electron chi connectivity index (χ4n) is 3.19. The Hall–Kier alpha value is -2.12. The summed E-state index contributed by atoms with van der Waals surface area (Å²) in [6.45, 7) is 1.64. The first-order valence-electron chi connectivity index (χ1n) is 8.78. The van der Waals surface area contributed by atoms with Crippen molar-refractivity contribution in [2.75, 3.05) is 32.5 Å². The largest absolute Gasteiger partial charge is 0.492 e. The summed E-state index contributed by atoms with van der Waals surface area (Å²) in [7, 11) is -3.16. The highest BCUT2D eigenvalue weighted by Crippen LogP contribution is 2.21. The minimum Gasteiger partial charge on any atom is -0.492 e. The Morgan fingerprint density at radius 2 is 1.85 bits per heavy atom.